The van der Waals surface area contributed by atoms with Gasteiger partial charge < -0.3 is 15.5 Å². The molecule has 0 aliphatic rings. The second-order valence-corrected chi connectivity index (χ2v) is 7.08. The van der Waals surface area contributed by atoms with Crippen molar-refractivity contribution in [2.75, 3.05) is 27.2 Å². The van der Waals surface area contributed by atoms with E-state index in [1.807, 2.05) is 43.2 Å². The molecule has 1 unspecified atom stereocenters. The monoisotopic (exact) mass is 524 g/mol. The molecule has 0 fully saturated rings. The number of guanidine groups is 1. The van der Waals surface area contributed by atoms with E-state index in [-0.39, 0.29) is 30.0 Å². The minimum atomic E-state index is 0. The molecule has 2 rings (SSSR count). The lowest BCUT2D eigenvalue weighted by Gasteiger charge is -2.24. The van der Waals surface area contributed by atoms with Gasteiger partial charge in [-0.05, 0) is 38.7 Å². The van der Waals surface area contributed by atoms with E-state index in [9.17, 15) is 0 Å². The van der Waals surface area contributed by atoms with Crippen LogP contribution in [-0.2, 0) is 13.6 Å². The third-order valence-corrected chi connectivity index (χ3v) is 4.55. The molecule has 2 aromatic rings. The highest BCUT2D eigenvalue weighted by Gasteiger charge is 2.16. The van der Waals surface area contributed by atoms with Gasteiger partial charge in [0, 0.05) is 41.9 Å². The summed E-state index contributed by atoms with van der Waals surface area (Å²) in [4.78, 5) is 6.79. The minimum absolute atomic E-state index is 0. The van der Waals surface area contributed by atoms with Crippen LogP contribution in [0.5, 0.6) is 0 Å². The molecular weight excluding hydrogens is 498 g/mol. The summed E-state index contributed by atoms with van der Waals surface area (Å²) in [6, 6.07) is 5.64. The Morgan fingerprint density at radius 2 is 2.04 bits per heavy atom. The van der Waals surface area contributed by atoms with E-state index in [0.717, 1.165) is 23.6 Å². The maximum Gasteiger partial charge on any atom is 0.191 e. The zero-order valence-corrected chi connectivity index (χ0v) is 19.9. The maximum atomic E-state index is 6.23. The second kappa shape index (κ2) is 11.7. The van der Waals surface area contributed by atoms with E-state index >= 15 is 0 Å². The Kier molecular flexibility index (Phi) is 10.4. The van der Waals surface area contributed by atoms with Gasteiger partial charge in [0.1, 0.15) is 0 Å². The highest BCUT2D eigenvalue weighted by molar-refractivity contribution is 14.0. The maximum absolute atomic E-state index is 6.23. The molecule has 0 saturated heterocycles. The number of hydrogen-bond acceptors (Lipinski definition) is 3. The molecule has 27 heavy (non-hydrogen) atoms. The molecule has 0 saturated carbocycles. The lowest BCUT2D eigenvalue weighted by Crippen LogP contribution is -2.41. The number of benzene rings is 1. The van der Waals surface area contributed by atoms with Crippen LogP contribution in [0.4, 0.5) is 0 Å². The molecule has 1 atom stereocenters. The van der Waals surface area contributed by atoms with E-state index in [4.69, 9.17) is 23.2 Å². The number of likely N-dealkylation sites (N-methyl/N-ethyl adjacent to an activating group) is 1. The van der Waals surface area contributed by atoms with E-state index in [2.05, 4.69) is 39.7 Å². The van der Waals surface area contributed by atoms with Crippen LogP contribution in [0.3, 0.4) is 0 Å². The van der Waals surface area contributed by atoms with Crippen molar-refractivity contribution in [3.63, 3.8) is 0 Å². The first-order valence-electron chi connectivity index (χ1n) is 8.51. The van der Waals surface area contributed by atoms with Crippen molar-refractivity contribution in [1.29, 1.82) is 0 Å². The second-order valence-electron chi connectivity index (χ2n) is 6.24. The third-order valence-electron chi connectivity index (χ3n) is 3.96. The van der Waals surface area contributed by atoms with E-state index in [1.165, 1.54) is 0 Å². The molecule has 0 spiro atoms. The molecule has 1 aromatic heterocycles. The number of nitrogens with zero attached hydrogens (tertiary/aromatic N) is 4. The molecule has 0 radical (unpaired) electrons. The Hall–Kier alpha value is -1.03. The average Bonchev–Trinajstić information content (AvgIpc) is 2.99. The fraction of sp³-hybridized carbons (Fsp3) is 0.444. The fourth-order valence-corrected chi connectivity index (χ4v) is 3.03. The zero-order valence-electron chi connectivity index (χ0n) is 16.0. The van der Waals surface area contributed by atoms with Crippen molar-refractivity contribution in [2.45, 2.75) is 19.5 Å². The van der Waals surface area contributed by atoms with Gasteiger partial charge in [-0.15, -0.1) is 24.0 Å². The molecular formula is C18H27Cl2IN6. The van der Waals surface area contributed by atoms with Crippen LogP contribution in [0.1, 0.15) is 24.1 Å². The lowest BCUT2D eigenvalue weighted by atomic mass is 10.1. The van der Waals surface area contributed by atoms with Crippen LogP contribution < -0.4 is 10.6 Å². The van der Waals surface area contributed by atoms with Crippen LogP contribution in [0.25, 0.3) is 0 Å². The summed E-state index contributed by atoms with van der Waals surface area (Å²) in [5.41, 5.74) is 2.09. The molecule has 0 amide bonds. The number of aryl methyl sites for hydroxylation is 1. The van der Waals surface area contributed by atoms with Crippen molar-refractivity contribution in [2.24, 2.45) is 12.0 Å². The summed E-state index contributed by atoms with van der Waals surface area (Å²) in [6.45, 7) is 4.00. The van der Waals surface area contributed by atoms with Gasteiger partial charge in [-0.3, -0.25) is 4.68 Å². The van der Waals surface area contributed by atoms with Crippen molar-refractivity contribution in [3.8, 4) is 0 Å². The van der Waals surface area contributed by atoms with Crippen LogP contribution in [0.15, 0.2) is 35.6 Å². The first-order chi connectivity index (χ1) is 12.4. The van der Waals surface area contributed by atoms with Crippen molar-refractivity contribution < 1.29 is 0 Å². The normalized spacial score (nSPS) is 12.6. The standard InChI is InChI=1S/C18H26Cl2N6.HI/c1-5-21-18(22-9-13-6-7-15(19)8-16(13)20)23-11-17(25(2)3)14-10-24-26(4)12-14;/h6-8,10,12,17H,5,9,11H2,1-4H3,(H2,21,22,23);1H. The van der Waals surface area contributed by atoms with Gasteiger partial charge in [0.25, 0.3) is 0 Å². The largest absolute Gasteiger partial charge is 0.357 e. The summed E-state index contributed by atoms with van der Waals surface area (Å²) in [7, 11) is 6.03. The van der Waals surface area contributed by atoms with Gasteiger partial charge >= 0.3 is 0 Å². The SMILES string of the molecule is CCNC(=NCc1ccc(Cl)cc1Cl)NCC(c1cnn(C)c1)N(C)C.I. The number of halogens is 3. The van der Waals surface area contributed by atoms with Gasteiger partial charge in [-0.2, -0.15) is 5.10 Å². The van der Waals surface area contributed by atoms with Crippen molar-refractivity contribution >= 4 is 53.1 Å². The Morgan fingerprint density at radius 3 is 2.59 bits per heavy atom. The number of rotatable bonds is 7. The van der Waals surface area contributed by atoms with Crippen LogP contribution in [-0.4, -0.2) is 47.8 Å². The highest BCUT2D eigenvalue weighted by atomic mass is 127. The molecule has 1 aromatic carbocycles. The molecule has 150 valence electrons. The Morgan fingerprint density at radius 1 is 1.30 bits per heavy atom. The summed E-state index contributed by atoms with van der Waals surface area (Å²) in [5, 5.41) is 12.2. The Labute approximate surface area is 188 Å². The zero-order chi connectivity index (χ0) is 19.1. The van der Waals surface area contributed by atoms with Crippen molar-refractivity contribution in [1.82, 2.24) is 25.3 Å². The third kappa shape index (κ3) is 7.48. The van der Waals surface area contributed by atoms with Crippen LogP contribution >= 0.6 is 47.2 Å². The fourth-order valence-electron chi connectivity index (χ4n) is 2.56. The smallest absolute Gasteiger partial charge is 0.191 e. The Balaban J connectivity index is 0.00000364. The van der Waals surface area contributed by atoms with E-state index in [1.54, 1.807) is 6.07 Å². The first kappa shape index (κ1) is 24.0. The number of aromatic nitrogens is 2. The van der Waals surface area contributed by atoms with E-state index < -0.39 is 0 Å². The van der Waals surface area contributed by atoms with Gasteiger partial charge in [0.05, 0.1) is 18.8 Å². The molecule has 6 nitrogen and oxygen atoms in total. The predicted octanol–water partition coefficient (Wildman–Crippen LogP) is 3.70. The van der Waals surface area contributed by atoms with Crippen LogP contribution in [0.2, 0.25) is 10.0 Å². The molecule has 0 aliphatic heterocycles. The topological polar surface area (TPSA) is 57.5 Å². The molecule has 9 heteroatoms. The minimum Gasteiger partial charge on any atom is -0.357 e. The average molecular weight is 525 g/mol. The number of aliphatic imine (C=N–C) groups is 1. The summed E-state index contributed by atoms with van der Waals surface area (Å²) >= 11 is 12.2. The first-order valence-corrected chi connectivity index (χ1v) is 9.27. The van der Waals surface area contributed by atoms with Crippen molar-refractivity contribution in [3.05, 3.63) is 51.8 Å². The highest BCUT2D eigenvalue weighted by Crippen LogP contribution is 2.21. The summed E-state index contributed by atoms with van der Waals surface area (Å²) in [6.07, 6.45) is 3.92. The van der Waals surface area contributed by atoms with Gasteiger partial charge in [-0.1, -0.05) is 29.3 Å². The van der Waals surface area contributed by atoms with Gasteiger partial charge in [0.2, 0.25) is 0 Å². The van der Waals surface area contributed by atoms with Gasteiger partial charge in [0.15, 0.2) is 5.96 Å². The number of hydrogen-bond donors (Lipinski definition) is 2. The summed E-state index contributed by atoms with van der Waals surface area (Å²) in [5.74, 6) is 0.745. The quantitative estimate of drug-likeness (QED) is 0.329. The molecule has 1 heterocycles. The van der Waals surface area contributed by atoms with Gasteiger partial charge in [-0.25, -0.2) is 4.99 Å². The molecule has 0 aliphatic carbocycles. The Bertz CT molecular complexity index is 747. The van der Waals surface area contributed by atoms with E-state index in [0.29, 0.717) is 23.1 Å². The predicted molar refractivity (Wildman–Crippen MR) is 124 cm³/mol. The summed E-state index contributed by atoms with van der Waals surface area (Å²) < 4.78 is 1.81. The van der Waals surface area contributed by atoms with Crippen LogP contribution in [0, 0.1) is 0 Å². The lowest BCUT2D eigenvalue weighted by molar-refractivity contribution is 0.298. The number of nitrogens with one attached hydrogen (secondary N) is 2. The molecule has 0 bridgehead atoms. The molecule has 2 N–H and O–H groups in total.